The molecule has 0 amide bonds. The molecule has 1 aromatic rings. The molecule has 7 nitrogen and oxygen atoms in total. The predicted octanol–water partition coefficient (Wildman–Crippen LogP) is 0.178. The second-order valence-electron chi connectivity index (χ2n) is 3.50. The van der Waals surface area contributed by atoms with Gasteiger partial charge in [-0.15, -0.1) is 10.2 Å². The Labute approximate surface area is 99.4 Å². The molecule has 0 aliphatic rings. The van der Waals surface area contributed by atoms with Crippen LogP contribution in [-0.4, -0.2) is 39.2 Å². The van der Waals surface area contributed by atoms with Crippen molar-refractivity contribution in [1.29, 1.82) is 0 Å². The molecule has 0 saturated heterocycles. The minimum Gasteiger partial charge on any atom is -0.475 e. The minimum absolute atomic E-state index is 0.214. The molecule has 0 aromatic carbocycles. The molecule has 0 spiro atoms. The van der Waals surface area contributed by atoms with E-state index in [-0.39, 0.29) is 12.5 Å². The summed E-state index contributed by atoms with van der Waals surface area (Å²) in [7, 11) is 0. The molecule has 1 atom stereocenters. The third-order valence-electron chi connectivity index (χ3n) is 1.59. The van der Waals surface area contributed by atoms with Crippen molar-refractivity contribution in [3.8, 4) is 0 Å². The summed E-state index contributed by atoms with van der Waals surface area (Å²) in [6, 6.07) is 0. The van der Waals surface area contributed by atoms with Crippen LogP contribution in [-0.2, 0) is 10.3 Å². The molecule has 10 heteroatoms. The maximum absolute atomic E-state index is 10.6. The second kappa shape index (κ2) is 5.78. The van der Waals surface area contributed by atoms with Gasteiger partial charge in [-0.3, -0.25) is 0 Å². The van der Waals surface area contributed by atoms with Gasteiger partial charge >= 0.3 is 12.1 Å². The van der Waals surface area contributed by atoms with Crippen molar-refractivity contribution >= 4 is 5.97 Å². The molecule has 4 N–H and O–H groups in total. The minimum atomic E-state index is -5.08. The van der Waals surface area contributed by atoms with Gasteiger partial charge in [-0.25, -0.2) is 4.79 Å². The maximum Gasteiger partial charge on any atom is 0.490 e. The van der Waals surface area contributed by atoms with Crippen LogP contribution in [0.25, 0.3) is 0 Å². The van der Waals surface area contributed by atoms with Crippen molar-refractivity contribution in [2.45, 2.75) is 25.6 Å². The van der Waals surface area contributed by atoms with Gasteiger partial charge in [0.15, 0.2) is 0 Å². The van der Waals surface area contributed by atoms with Crippen LogP contribution >= 0.6 is 0 Å². The highest BCUT2D eigenvalue weighted by Crippen LogP contribution is 2.14. The van der Waals surface area contributed by atoms with Gasteiger partial charge in [0, 0.05) is 6.92 Å². The van der Waals surface area contributed by atoms with Crippen LogP contribution in [0.15, 0.2) is 4.42 Å². The highest BCUT2D eigenvalue weighted by atomic mass is 19.4. The normalized spacial score (nSPS) is 14.4. The highest BCUT2D eigenvalue weighted by Gasteiger charge is 2.38. The first kappa shape index (κ1) is 16.3. The number of alkyl halides is 3. The second-order valence-corrected chi connectivity index (χ2v) is 3.50. The number of carbonyl (C=O) groups is 1. The number of nitrogens with zero attached hydrogens (tertiary/aromatic N) is 2. The Morgan fingerprint density at radius 1 is 1.44 bits per heavy atom. The summed E-state index contributed by atoms with van der Waals surface area (Å²) in [5.41, 5.74) is 4.68. The average Bonchev–Trinajstić information content (AvgIpc) is 2.65. The van der Waals surface area contributed by atoms with Gasteiger partial charge in [-0.1, -0.05) is 0 Å². The molecule has 1 aromatic heterocycles. The van der Waals surface area contributed by atoms with E-state index in [0.29, 0.717) is 5.89 Å². The average molecular weight is 271 g/mol. The molecule has 18 heavy (non-hydrogen) atoms. The summed E-state index contributed by atoms with van der Waals surface area (Å²) >= 11 is 0. The van der Waals surface area contributed by atoms with Crippen molar-refractivity contribution in [2.24, 2.45) is 5.73 Å². The van der Waals surface area contributed by atoms with Gasteiger partial charge in [0.25, 0.3) is 0 Å². The van der Waals surface area contributed by atoms with Crippen LogP contribution in [0.5, 0.6) is 0 Å². The lowest BCUT2D eigenvalue weighted by Crippen LogP contribution is -2.37. The fourth-order valence-electron chi connectivity index (χ4n) is 0.595. The van der Waals surface area contributed by atoms with E-state index in [9.17, 15) is 13.2 Å². The van der Waals surface area contributed by atoms with Gasteiger partial charge in [-0.2, -0.15) is 13.2 Å². The fourth-order valence-corrected chi connectivity index (χ4v) is 0.595. The van der Waals surface area contributed by atoms with Gasteiger partial charge in [-0.05, 0) is 6.92 Å². The van der Waals surface area contributed by atoms with Gasteiger partial charge in [0.05, 0.1) is 6.61 Å². The molecule has 0 saturated carbocycles. The molecular formula is C8H12F3N3O4. The van der Waals surface area contributed by atoms with Crippen molar-refractivity contribution < 1.29 is 32.6 Å². The number of aromatic nitrogens is 2. The number of nitrogens with two attached hydrogens (primary N) is 1. The predicted molar refractivity (Wildman–Crippen MR) is 51.4 cm³/mol. The first-order valence-corrected chi connectivity index (χ1v) is 4.51. The van der Waals surface area contributed by atoms with E-state index in [0.717, 1.165) is 0 Å². The zero-order chi connectivity index (χ0) is 14.6. The van der Waals surface area contributed by atoms with Crippen molar-refractivity contribution in [3.63, 3.8) is 0 Å². The van der Waals surface area contributed by atoms with Gasteiger partial charge < -0.3 is 20.4 Å². The Hall–Kier alpha value is -1.68. The lowest BCUT2D eigenvalue weighted by molar-refractivity contribution is -0.192. The first-order valence-electron chi connectivity index (χ1n) is 4.51. The van der Waals surface area contributed by atoms with E-state index in [1.807, 2.05) is 0 Å². The van der Waals surface area contributed by atoms with E-state index in [1.165, 1.54) is 0 Å². The topological polar surface area (TPSA) is 122 Å². The van der Waals surface area contributed by atoms with Crippen LogP contribution in [0.3, 0.4) is 0 Å². The number of aliphatic carboxylic acids is 1. The number of aliphatic hydroxyl groups excluding tert-OH is 1. The number of hydrogen-bond donors (Lipinski definition) is 3. The quantitative estimate of drug-likeness (QED) is 0.701. The van der Waals surface area contributed by atoms with Gasteiger partial charge in [0.2, 0.25) is 11.8 Å². The monoisotopic (exact) mass is 271 g/mol. The Kier molecular flexibility index (Phi) is 5.24. The molecule has 104 valence electrons. The van der Waals surface area contributed by atoms with Crippen LogP contribution in [0.4, 0.5) is 13.2 Å². The summed E-state index contributed by atoms with van der Waals surface area (Å²) in [5, 5.41) is 23.2. The lowest BCUT2D eigenvalue weighted by Gasteiger charge is -2.15. The number of hydrogen-bond acceptors (Lipinski definition) is 6. The zero-order valence-corrected chi connectivity index (χ0v) is 9.52. The molecule has 0 aliphatic carbocycles. The summed E-state index contributed by atoms with van der Waals surface area (Å²) in [6.07, 6.45) is -5.08. The number of aliphatic hydroxyl groups is 1. The van der Waals surface area contributed by atoms with Gasteiger partial charge in [0.1, 0.15) is 5.54 Å². The van der Waals surface area contributed by atoms with Crippen LogP contribution < -0.4 is 5.73 Å². The number of halogens is 3. The van der Waals surface area contributed by atoms with Crippen LogP contribution in [0.2, 0.25) is 0 Å². The number of carboxylic acids is 1. The van der Waals surface area contributed by atoms with E-state index >= 15 is 0 Å². The molecule has 1 rings (SSSR count). The van der Waals surface area contributed by atoms with E-state index in [2.05, 4.69) is 10.2 Å². The molecule has 0 bridgehead atoms. The molecule has 1 unspecified atom stereocenters. The van der Waals surface area contributed by atoms with Crippen molar-refractivity contribution in [3.05, 3.63) is 11.8 Å². The fraction of sp³-hybridized carbons (Fsp3) is 0.625. The Bertz CT molecular complexity index is 403. The molecule has 0 fully saturated rings. The largest absolute Gasteiger partial charge is 0.490 e. The molecule has 1 heterocycles. The maximum atomic E-state index is 10.6. The molecule has 0 aliphatic heterocycles. The molecule has 0 radical (unpaired) electrons. The van der Waals surface area contributed by atoms with Crippen molar-refractivity contribution in [2.75, 3.05) is 6.61 Å². The lowest BCUT2D eigenvalue weighted by atomic mass is 10.1. The summed E-state index contributed by atoms with van der Waals surface area (Å²) in [5.74, 6) is -2.05. The summed E-state index contributed by atoms with van der Waals surface area (Å²) < 4.78 is 36.8. The molecular weight excluding hydrogens is 259 g/mol. The smallest absolute Gasteiger partial charge is 0.475 e. The standard InChI is InChI=1S/C6H11N3O2.C2HF3O2/c1-4-8-9-5(11-4)6(2,7)3-10;3-2(4,5)1(6)7/h10H,3,7H2,1-2H3;(H,6,7). The summed E-state index contributed by atoms with van der Waals surface area (Å²) in [6.45, 7) is 3.08. The Morgan fingerprint density at radius 3 is 2.11 bits per heavy atom. The van der Waals surface area contributed by atoms with E-state index < -0.39 is 17.7 Å². The van der Waals surface area contributed by atoms with E-state index in [1.54, 1.807) is 13.8 Å². The van der Waals surface area contributed by atoms with Crippen molar-refractivity contribution in [1.82, 2.24) is 10.2 Å². The number of rotatable bonds is 2. The zero-order valence-electron chi connectivity index (χ0n) is 9.52. The van der Waals surface area contributed by atoms with Crippen LogP contribution in [0.1, 0.15) is 18.7 Å². The first-order chi connectivity index (χ1) is 8.00. The summed E-state index contributed by atoms with van der Waals surface area (Å²) in [4.78, 5) is 8.90. The Morgan fingerprint density at radius 2 is 1.89 bits per heavy atom. The number of carboxylic acid groups (broad SMARTS) is 1. The third-order valence-corrected chi connectivity index (χ3v) is 1.59. The van der Waals surface area contributed by atoms with E-state index in [4.69, 9.17) is 25.2 Å². The Balaban J connectivity index is 0.000000360. The SMILES string of the molecule is Cc1nnc(C(C)(N)CO)o1.O=C(O)C(F)(F)F. The third kappa shape index (κ3) is 5.10. The van der Waals surface area contributed by atoms with Crippen LogP contribution in [0, 0.1) is 6.92 Å². The highest BCUT2D eigenvalue weighted by molar-refractivity contribution is 5.73. The number of aryl methyl sites for hydroxylation is 1.